The van der Waals surface area contributed by atoms with Crippen LogP contribution in [-0.4, -0.2) is 20.0 Å². The highest BCUT2D eigenvalue weighted by molar-refractivity contribution is 9.10. The van der Waals surface area contributed by atoms with Crippen molar-refractivity contribution >= 4 is 44.0 Å². The lowest BCUT2D eigenvalue weighted by atomic mass is 10.2. The zero-order valence-electron chi connectivity index (χ0n) is 12.4. The van der Waals surface area contributed by atoms with Crippen LogP contribution in [0.3, 0.4) is 0 Å². The number of phenols is 1. The average molecular weight is 398 g/mol. The minimum Gasteiger partial charge on any atom is -1.00 e. The van der Waals surface area contributed by atoms with E-state index in [4.69, 9.17) is 0 Å². The van der Waals surface area contributed by atoms with Gasteiger partial charge in [-0.05, 0) is 24.3 Å². The molecule has 1 heterocycles. The van der Waals surface area contributed by atoms with Crippen LogP contribution in [0.2, 0.25) is 0 Å². The van der Waals surface area contributed by atoms with Gasteiger partial charge in [-0.15, -0.1) is 0 Å². The molecular weight excluding hydrogens is 388 g/mol. The van der Waals surface area contributed by atoms with E-state index in [2.05, 4.69) is 31.2 Å². The van der Waals surface area contributed by atoms with Gasteiger partial charge >= 0.3 is 1.43 Å². The smallest absolute Gasteiger partial charge is 1.00 e. The van der Waals surface area contributed by atoms with Crippen LogP contribution >= 0.6 is 15.9 Å². The predicted molar refractivity (Wildman–Crippen MR) is 86.4 cm³/mol. The van der Waals surface area contributed by atoms with E-state index in [1.165, 1.54) is 24.5 Å². The number of hydrogen-bond donors (Lipinski definition) is 2. The number of anilines is 2. The second-order valence-electron chi connectivity index (χ2n) is 4.47. The van der Waals surface area contributed by atoms with Crippen molar-refractivity contribution in [1.82, 2.24) is 9.97 Å². The van der Waals surface area contributed by atoms with Crippen molar-refractivity contribution in [3.63, 3.8) is 0 Å². The van der Waals surface area contributed by atoms with Gasteiger partial charge < -0.3 is 22.8 Å². The Bertz CT molecular complexity index is 897. The van der Waals surface area contributed by atoms with E-state index in [1.54, 1.807) is 0 Å². The fourth-order valence-corrected chi connectivity index (χ4v) is 2.35. The zero-order chi connectivity index (χ0) is 15.7. The molecule has 0 saturated carbocycles. The second-order valence-corrected chi connectivity index (χ2v) is 5.38. The largest absolute Gasteiger partial charge is 1.00 e. The molecule has 0 bridgehead atoms. The maximum Gasteiger partial charge on any atom is 1.00 e. The Morgan fingerprint density at radius 1 is 1.22 bits per heavy atom. The summed E-state index contributed by atoms with van der Waals surface area (Å²) in [4.78, 5) is 18.6. The molecule has 3 rings (SSSR count). The summed E-state index contributed by atoms with van der Waals surface area (Å²) in [5, 5.41) is 24.3. The van der Waals surface area contributed by atoms with Crippen LogP contribution in [0.25, 0.3) is 10.9 Å². The molecule has 0 radical (unpaired) electrons. The summed E-state index contributed by atoms with van der Waals surface area (Å²) in [6, 6.07) is 9.24. The highest BCUT2D eigenvalue weighted by Gasteiger charge is 2.12. The van der Waals surface area contributed by atoms with E-state index in [1.807, 2.05) is 18.2 Å². The molecule has 0 spiro atoms. The maximum atomic E-state index is 10.8. The predicted octanol–water partition coefficient (Wildman–Crippen LogP) is 0.866. The quantitative estimate of drug-likeness (QED) is 0.386. The molecule has 2 aromatic carbocycles. The Kier molecular flexibility index (Phi) is 4.97. The van der Waals surface area contributed by atoms with E-state index in [0.717, 1.165) is 9.86 Å². The van der Waals surface area contributed by atoms with Gasteiger partial charge in [0.15, 0.2) is 0 Å². The van der Waals surface area contributed by atoms with Crippen LogP contribution in [0.5, 0.6) is 5.75 Å². The first-order valence-electron chi connectivity index (χ1n) is 6.19. The Morgan fingerprint density at radius 3 is 2.74 bits per heavy atom. The van der Waals surface area contributed by atoms with Crippen molar-refractivity contribution in [1.29, 1.82) is 0 Å². The Hall–Kier alpha value is -2.45. The average Bonchev–Trinajstić information content (AvgIpc) is 2.49. The van der Waals surface area contributed by atoms with Crippen molar-refractivity contribution in [2.75, 3.05) is 5.32 Å². The van der Waals surface area contributed by atoms with Crippen LogP contribution in [0.15, 0.2) is 47.2 Å². The Morgan fingerprint density at radius 2 is 2.00 bits per heavy atom. The lowest BCUT2D eigenvalue weighted by Crippen LogP contribution is -3.00. The number of non-ortho nitro benzene ring substituents is 1. The molecule has 23 heavy (non-hydrogen) atoms. The standard InChI is InChI=1S/C14H9BrN4O3.ClH/c15-8-1-3-11-10(5-8)14(17-7-16-11)18-12-6-9(19(21)22)2-4-13(12)20;/h1-7,20H,(H,16,17,18);1H. The highest BCUT2D eigenvalue weighted by Crippen LogP contribution is 2.32. The van der Waals surface area contributed by atoms with Gasteiger partial charge in [0.1, 0.15) is 17.9 Å². The first-order valence-corrected chi connectivity index (χ1v) is 6.98. The Labute approximate surface area is 146 Å². The number of hydrogen-bond acceptors (Lipinski definition) is 6. The normalized spacial score (nSPS) is 10.1. The number of fused-ring (bicyclic) bond motifs is 1. The molecule has 9 heteroatoms. The first kappa shape index (κ1) is 16.9. The number of phenolic OH excluding ortho intramolecular Hbond substituents is 1. The van der Waals surface area contributed by atoms with Crippen molar-refractivity contribution in [3.05, 3.63) is 57.3 Å². The Balaban J connectivity index is 0.00000144. The third kappa shape index (κ3) is 3.49. The topological polar surface area (TPSA) is 101 Å². The molecule has 0 amide bonds. The van der Waals surface area contributed by atoms with Crippen LogP contribution in [0.1, 0.15) is 1.43 Å². The van der Waals surface area contributed by atoms with Crippen molar-refractivity contribution in [3.8, 4) is 5.75 Å². The monoisotopic (exact) mass is 396 g/mol. The summed E-state index contributed by atoms with van der Waals surface area (Å²) in [6.45, 7) is 0. The van der Waals surface area contributed by atoms with Gasteiger partial charge in [0.25, 0.3) is 5.69 Å². The molecule has 1 aromatic heterocycles. The number of halogens is 2. The van der Waals surface area contributed by atoms with Gasteiger partial charge in [0.2, 0.25) is 0 Å². The van der Waals surface area contributed by atoms with Crippen LogP contribution in [-0.2, 0) is 0 Å². The van der Waals surface area contributed by atoms with Gasteiger partial charge in [0, 0.05) is 22.0 Å². The van der Waals surface area contributed by atoms with E-state index in [9.17, 15) is 15.2 Å². The molecule has 0 atom stereocenters. The van der Waals surface area contributed by atoms with Crippen LogP contribution < -0.4 is 17.7 Å². The number of aromatic hydroxyl groups is 1. The molecule has 0 saturated heterocycles. The van der Waals surface area contributed by atoms with Crippen molar-refractivity contribution < 1.29 is 23.9 Å². The van der Waals surface area contributed by atoms with Gasteiger partial charge in [-0.25, -0.2) is 9.97 Å². The minimum absolute atomic E-state index is 0. The fraction of sp³-hybridized carbons (Fsp3) is 0. The van der Waals surface area contributed by atoms with E-state index < -0.39 is 4.92 Å². The second kappa shape index (κ2) is 6.76. The van der Waals surface area contributed by atoms with Crippen LogP contribution in [0, 0.1) is 10.1 Å². The summed E-state index contributed by atoms with van der Waals surface area (Å²) >= 11 is 3.38. The molecule has 3 aromatic rings. The highest BCUT2D eigenvalue weighted by atomic mass is 79.9. The third-order valence-electron chi connectivity index (χ3n) is 3.04. The molecule has 0 aliphatic carbocycles. The SMILES string of the molecule is O=[N+]([O-])c1ccc(O)c(Nc2ncnc3ccc(Br)cc23)c1.[Cl-].[H+]. The summed E-state index contributed by atoms with van der Waals surface area (Å²) in [6.07, 6.45) is 1.38. The van der Waals surface area contributed by atoms with E-state index in [0.29, 0.717) is 11.3 Å². The summed E-state index contributed by atoms with van der Waals surface area (Å²) in [7, 11) is 0. The first-order chi connectivity index (χ1) is 10.5. The van der Waals surface area contributed by atoms with Crippen molar-refractivity contribution in [2.24, 2.45) is 0 Å². The number of nitro benzene ring substituents is 1. The summed E-state index contributed by atoms with van der Waals surface area (Å²) in [5.74, 6) is 0.342. The lowest BCUT2D eigenvalue weighted by molar-refractivity contribution is -0.384. The number of rotatable bonds is 3. The molecule has 0 unspecified atom stereocenters. The number of aromatic nitrogens is 2. The van der Waals surface area contributed by atoms with Crippen LogP contribution in [0.4, 0.5) is 17.2 Å². The van der Waals surface area contributed by atoms with Gasteiger partial charge in [-0.1, -0.05) is 15.9 Å². The van der Waals surface area contributed by atoms with Crippen molar-refractivity contribution in [2.45, 2.75) is 0 Å². The van der Waals surface area contributed by atoms with E-state index in [-0.39, 0.29) is 31.0 Å². The molecule has 0 fully saturated rings. The summed E-state index contributed by atoms with van der Waals surface area (Å²) in [5.41, 5.74) is 0.791. The number of nitrogens with one attached hydrogen (secondary N) is 1. The number of nitrogens with zero attached hydrogens (tertiary/aromatic N) is 3. The fourth-order valence-electron chi connectivity index (χ4n) is 1.99. The maximum absolute atomic E-state index is 10.8. The zero-order valence-corrected chi connectivity index (χ0v) is 13.7. The number of nitro groups is 1. The van der Waals surface area contributed by atoms with Gasteiger partial charge in [-0.2, -0.15) is 0 Å². The molecule has 2 N–H and O–H groups in total. The van der Waals surface area contributed by atoms with Gasteiger partial charge in [0.05, 0.1) is 16.1 Å². The molecule has 118 valence electrons. The molecule has 7 nitrogen and oxygen atoms in total. The minimum atomic E-state index is -0.528. The molecule has 0 aliphatic heterocycles. The molecule has 0 aliphatic rings. The van der Waals surface area contributed by atoms with E-state index >= 15 is 0 Å². The lowest BCUT2D eigenvalue weighted by Gasteiger charge is -2.10. The van der Waals surface area contributed by atoms with Gasteiger partial charge in [-0.3, -0.25) is 10.1 Å². The number of benzene rings is 2. The third-order valence-corrected chi connectivity index (χ3v) is 3.53. The molecular formula is C14H10BrClN4O3. The summed E-state index contributed by atoms with van der Waals surface area (Å²) < 4.78 is 0.848.